The second-order valence-electron chi connectivity index (χ2n) is 7.68. The monoisotopic (exact) mass is 342 g/mol. The summed E-state index contributed by atoms with van der Waals surface area (Å²) in [6.45, 7) is 5.73. The molecule has 140 valence electrons. The van der Waals surface area contributed by atoms with E-state index in [4.69, 9.17) is 4.74 Å². The number of nitrogens with zero attached hydrogens (tertiary/aromatic N) is 3. The molecular weight excluding hydrogens is 308 g/mol. The molecule has 3 fully saturated rings. The first kappa shape index (κ1) is 18.5. The molecule has 7 heteroatoms. The van der Waals surface area contributed by atoms with Gasteiger partial charge in [0.15, 0.2) is 0 Å². The number of rotatable bonds is 5. The SMILES string of the molecule is CN(C)CC1OC(CO)C(O)C1N1CCN(C2CCCCN2)CC1. The molecule has 3 aliphatic heterocycles. The van der Waals surface area contributed by atoms with Crippen LogP contribution in [-0.4, -0.2) is 115 Å². The maximum Gasteiger partial charge on any atom is 0.109 e. The Morgan fingerprint density at radius 3 is 2.38 bits per heavy atom. The van der Waals surface area contributed by atoms with E-state index in [-0.39, 0.29) is 18.8 Å². The molecule has 0 amide bonds. The third kappa shape index (κ3) is 4.09. The van der Waals surface area contributed by atoms with Crippen LogP contribution in [0, 0.1) is 0 Å². The normalized spacial score (nSPS) is 39.6. The van der Waals surface area contributed by atoms with Gasteiger partial charge in [-0.25, -0.2) is 0 Å². The Balaban J connectivity index is 1.58. The topological polar surface area (TPSA) is 71.4 Å². The van der Waals surface area contributed by atoms with Crippen LogP contribution in [0.15, 0.2) is 0 Å². The number of piperidine rings is 1. The fourth-order valence-corrected chi connectivity index (χ4v) is 4.43. The zero-order valence-electron chi connectivity index (χ0n) is 15.1. The number of aliphatic hydroxyl groups is 2. The number of aliphatic hydroxyl groups excluding tert-OH is 2. The van der Waals surface area contributed by atoms with Crippen molar-refractivity contribution in [1.29, 1.82) is 0 Å². The summed E-state index contributed by atoms with van der Waals surface area (Å²) in [4.78, 5) is 7.00. The molecule has 5 atom stereocenters. The van der Waals surface area contributed by atoms with Crippen LogP contribution < -0.4 is 5.32 Å². The van der Waals surface area contributed by atoms with Crippen LogP contribution in [0.2, 0.25) is 0 Å². The predicted octanol–water partition coefficient (Wildman–Crippen LogP) is -1.25. The Bertz CT molecular complexity index is 384. The van der Waals surface area contributed by atoms with Crippen molar-refractivity contribution in [3.8, 4) is 0 Å². The molecule has 24 heavy (non-hydrogen) atoms. The number of likely N-dealkylation sites (N-methyl/N-ethyl adjacent to an activating group) is 1. The highest BCUT2D eigenvalue weighted by atomic mass is 16.5. The van der Waals surface area contributed by atoms with Crippen LogP contribution in [0.1, 0.15) is 19.3 Å². The first-order valence-corrected chi connectivity index (χ1v) is 9.40. The third-order valence-electron chi connectivity index (χ3n) is 5.68. The summed E-state index contributed by atoms with van der Waals surface area (Å²) < 4.78 is 5.93. The van der Waals surface area contributed by atoms with Crippen LogP contribution in [-0.2, 0) is 4.74 Å². The van der Waals surface area contributed by atoms with Gasteiger partial charge in [0.05, 0.1) is 24.9 Å². The number of piperazine rings is 1. The molecule has 0 spiro atoms. The van der Waals surface area contributed by atoms with E-state index in [1.54, 1.807) is 0 Å². The van der Waals surface area contributed by atoms with Crippen molar-refractivity contribution in [2.45, 2.75) is 49.8 Å². The van der Waals surface area contributed by atoms with Gasteiger partial charge in [0.2, 0.25) is 0 Å². The summed E-state index contributed by atoms with van der Waals surface area (Å²) >= 11 is 0. The Morgan fingerprint density at radius 1 is 1.08 bits per heavy atom. The van der Waals surface area contributed by atoms with Gasteiger partial charge in [-0.05, 0) is 39.9 Å². The van der Waals surface area contributed by atoms with Crippen LogP contribution in [0.3, 0.4) is 0 Å². The molecule has 0 bridgehead atoms. The van der Waals surface area contributed by atoms with Gasteiger partial charge in [-0.3, -0.25) is 9.80 Å². The van der Waals surface area contributed by atoms with Gasteiger partial charge in [0, 0.05) is 32.7 Å². The van der Waals surface area contributed by atoms with Gasteiger partial charge in [0.1, 0.15) is 12.2 Å². The predicted molar refractivity (Wildman–Crippen MR) is 92.9 cm³/mol. The lowest BCUT2D eigenvalue weighted by Gasteiger charge is -2.44. The van der Waals surface area contributed by atoms with Gasteiger partial charge < -0.3 is 25.2 Å². The lowest BCUT2D eigenvalue weighted by molar-refractivity contribution is -0.0281. The molecule has 3 heterocycles. The van der Waals surface area contributed by atoms with Gasteiger partial charge in [0.25, 0.3) is 0 Å². The zero-order chi connectivity index (χ0) is 17.1. The van der Waals surface area contributed by atoms with E-state index in [9.17, 15) is 10.2 Å². The number of hydrogen-bond donors (Lipinski definition) is 3. The van der Waals surface area contributed by atoms with Crippen molar-refractivity contribution < 1.29 is 14.9 Å². The Labute approximate surface area is 145 Å². The highest BCUT2D eigenvalue weighted by molar-refractivity contribution is 4.99. The molecule has 3 rings (SSSR count). The van der Waals surface area contributed by atoms with E-state index in [0.717, 1.165) is 39.3 Å². The van der Waals surface area contributed by atoms with Crippen LogP contribution >= 0.6 is 0 Å². The average molecular weight is 342 g/mol. The fraction of sp³-hybridized carbons (Fsp3) is 1.00. The molecule has 3 saturated heterocycles. The largest absolute Gasteiger partial charge is 0.394 e. The van der Waals surface area contributed by atoms with Gasteiger partial charge >= 0.3 is 0 Å². The number of hydrogen-bond acceptors (Lipinski definition) is 7. The smallest absolute Gasteiger partial charge is 0.109 e. The molecule has 0 aromatic heterocycles. The molecule has 0 aliphatic carbocycles. The minimum absolute atomic E-state index is 0.0222. The number of nitrogens with one attached hydrogen (secondary N) is 1. The highest BCUT2D eigenvalue weighted by Gasteiger charge is 2.47. The Morgan fingerprint density at radius 2 is 1.79 bits per heavy atom. The molecule has 3 N–H and O–H groups in total. The van der Waals surface area contributed by atoms with Gasteiger partial charge in [-0.15, -0.1) is 0 Å². The molecule has 3 aliphatic rings. The highest BCUT2D eigenvalue weighted by Crippen LogP contribution is 2.27. The first-order chi connectivity index (χ1) is 11.6. The lowest BCUT2D eigenvalue weighted by atomic mass is 10.0. The van der Waals surface area contributed by atoms with Crippen molar-refractivity contribution in [2.24, 2.45) is 0 Å². The first-order valence-electron chi connectivity index (χ1n) is 9.40. The Hall–Kier alpha value is -0.280. The lowest BCUT2D eigenvalue weighted by Crippen LogP contribution is -2.60. The minimum atomic E-state index is -0.612. The maximum atomic E-state index is 10.6. The zero-order valence-corrected chi connectivity index (χ0v) is 15.1. The molecule has 0 aromatic carbocycles. The summed E-state index contributed by atoms with van der Waals surface area (Å²) in [7, 11) is 4.04. The van der Waals surface area contributed by atoms with Gasteiger partial charge in [-0.2, -0.15) is 0 Å². The summed E-state index contributed by atoms with van der Waals surface area (Å²) in [5.74, 6) is 0. The van der Waals surface area contributed by atoms with Crippen molar-refractivity contribution in [2.75, 3.05) is 60.0 Å². The summed E-state index contributed by atoms with van der Waals surface area (Å²) in [6, 6.07) is -0.0222. The molecule has 0 saturated carbocycles. The molecule has 0 aromatic rings. The van der Waals surface area contributed by atoms with Crippen molar-refractivity contribution >= 4 is 0 Å². The van der Waals surface area contributed by atoms with E-state index in [1.165, 1.54) is 19.3 Å². The van der Waals surface area contributed by atoms with Crippen LogP contribution in [0.5, 0.6) is 0 Å². The third-order valence-corrected chi connectivity index (χ3v) is 5.68. The molecular formula is C17H34N4O3. The summed E-state index contributed by atoms with van der Waals surface area (Å²) in [5, 5.41) is 23.7. The molecule has 0 radical (unpaired) electrons. The van der Waals surface area contributed by atoms with Crippen molar-refractivity contribution in [3.05, 3.63) is 0 Å². The van der Waals surface area contributed by atoms with E-state index >= 15 is 0 Å². The standard InChI is InChI=1S/C17H34N4O3/c1-19(2)11-13-16(17(23)14(12-22)24-13)21-9-7-20(8-10-21)15-5-3-4-6-18-15/h13-18,22-23H,3-12H2,1-2H3. The Kier molecular flexibility index (Phi) is 6.48. The second-order valence-corrected chi connectivity index (χ2v) is 7.68. The van der Waals surface area contributed by atoms with Crippen LogP contribution in [0.4, 0.5) is 0 Å². The van der Waals surface area contributed by atoms with E-state index < -0.39 is 12.2 Å². The molecule has 5 unspecified atom stereocenters. The maximum absolute atomic E-state index is 10.6. The summed E-state index contributed by atoms with van der Waals surface area (Å²) in [6.07, 6.45) is 3.25. The quantitative estimate of drug-likeness (QED) is 0.577. The van der Waals surface area contributed by atoms with E-state index in [1.807, 2.05) is 14.1 Å². The minimum Gasteiger partial charge on any atom is -0.394 e. The fourth-order valence-electron chi connectivity index (χ4n) is 4.43. The second kappa shape index (κ2) is 8.40. The number of ether oxygens (including phenoxy) is 1. The van der Waals surface area contributed by atoms with E-state index in [0.29, 0.717) is 6.17 Å². The van der Waals surface area contributed by atoms with Crippen molar-refractivity contribution in [1.82, 2.24) is 20.0 Å². The summed E-state index contributed by atoms with van der Waals surface area (Å²) in [5.41, 5.74) is 0. The molecule has 7 nitrogen and oxygen atoms in total. The average Bonchev–Trinajstić information content (AvgIpc) is 2.90. The van der Waals surface area contributed by atoms with Crippen LogP contribution in [0.25, 0.3) is 0 Å². The van der Waals surface area contributed by atoms with Crippen molar-refractivity contribution in [3.63, 3.8) is 0 Å². The van der Waals surface area contributed by atoms with E-state index in [2.05, 4.69) is 20.0 Å². The van der Waals surface area contributed by atoms with Gasteiger partial charge in [-0.1, -0.05) is 0 Å².